The van der Waals surface area contributed by atoms with Gasteiger partial charge in [-0.05, 0) is 93.7 Å². The van der Waals surface area contributed by atoms with E-state index in [4.69, 9.17) is 11.5 Å². The van der Waals surface area contributed by atoms with Crippen molar-refractivity contribution in [1.29, 1.82) is 0 Å². The van der Waals surface area contributed by atoms with Gasteiger partial charge in [-0.3, -0.25) is 0 Å². The second-order valence-electron chi connectivity index (χ2n) is 9.10. The van der Waals surface area contributed by atoms with Crippen LogP contribution in [0.1, 0.15) is 0 Å². The smallest absolute Gasteiger partial charge is 0.232 e. The van der Waals surface area contributed by atoms with Crippen LogP contribution in [0, 0.1) is 7.14 Å². The van der Waals surface area contributed by atoms with Crippen LogP contribution >= 0.6 is 66.8 Å². The van der Waals surface area contributed by atoms with Crippen molar-refractivity contribution in [3.8, 4) is 22.8 Å². The van der Waals surface area contributed by atoms with Gasteiger partial charge in [-0.2, -0.15) is 29.9 Å². The van der Waals surface area contributed by atoms with E-state index in [1.54, 1.807) is 21.6 Å². The molecule has 0 saturated carbocycles. The maximum atomic E-state index is 6.05. The van der Waals surface area contributed by atoms with Gasteiger partial charge in [0, 0.05) is 28.1 Å². The third kappa shape index (κ3) is 7.66. The zero-order valence-corrected chi connectivity index (χ0v) is 28.6. The van der Waals surface area contributed by atoms with Crippen LogP contribution in [0.25, 0.3) is 22.8 Å². The molecule has 4 aromatic carbocycles. The molecule has 0 fully saturated rings. The number of anilines is 6. The Morgan fingerprint density at radius 2 is 0.864 bits per heavy atom. The van der Waals surface area contributed by atoms with Crippen LogP contribution in [0.2, 0.25) is 0 Å². The molecule has 6 N–H and O–H groups in total. The van der Waals surface area contributed by atoms with Gasteiger partial charge in [0.1, 0.15) is 0 Å². The fourth-order valence-electron chi connectivity index (χ4n) is 3.97. The first-order chi connectivity index (χ1) is 21.4. The number of rotatable bonds is 9. The first-order valence-electron chi connectivity index (χ1n) is 13.0. The molecule has 0 spiro atoms. The lowest BCUT2D eigenvalue weighted by Crippen LogP contribution is -2.05. The number of hydrogen-bond donors (Lipinski definition) is 4. The maximum absolute atomic E-state index is 6.05. The lowest BCUT2D eigenvalue weighted by molar-refractivity contribution is 1.07. The summed E-state index contributed by atoms with van der Waals surface area (Å²) in [6.07, 6.45) is 0. The maximum Gasteiger partial charge on any atom is 0.232 e. The Morgan fingerprint density at radius 1 is 0.477 bits per heavy atom. The zero-order chi connectivity index (χ0) is 30.5. The van der Waals surface area contributed by atoms with Gasteiger partial charge in [0.25, 0.3) is 0 Å². The standard InChI is InChI=1S/C30H22I2N10S2/c31-19-13-9-17(10-14-19)25-37-27(33)41-29(39-25)35-21-5-1-3-7-23(21)43-44-24-8-4-2-6-22(24)36-30-40-26(38-28(34)42-30)18-11-15-20(32)16-12-18/h1-16H,(H3,33,35,37,39,41)(H3,34,36,38,40,42). The van der Waals surface area contributed by atoms with Crippen molar-refractivity contribution < 1.29 is 0 Å². The van der Waals surface area contributed by atoms with E-state index < -0.39 is 0 Å². The van der Waals surface area contributed by atoms with Gasteiger partial charge in [-0.15, -0.1) is 0 Å². The summed E-state index contributed by atoms with van der Waals surface area (Å²) in [4.78, 5) is 28.5. The van der Waals surface area contributed by atoms with Crippen LogP contribution in [0.4, 0.5) is 35.2 Å². The number of halogens is 2. The van der Waals surface area contributed by atoms with Gasteiger partial charge in [0.15, 0.2) is 11.6 Å². The number of hydrogen-bond acceptors (Lipinski definition) is 12. The molecule has 14 heteroatoms. The SMILES string of the molecule is Nc1nc(Nc2ccccc2SSc2ccccc2Nc2nc(N)nc(-c3ccc(I)cc3)n2)nc(-c2ccc(I)cc2)n1. The molecule has 0 amide bonds. The third-order valence-corrected chi connectivity index (χ3v) is 9.92. The van der Waals surface area contributed by atoms with E-state index in [0.717, 1.165) is 39.4 Å². The zero-order valence-electron chi connectivity index (χ0n) is 22.6. The van der Waals surface area contributed by atoms with Crippen molar-refractivity contribution in [2.24, 2.45) is 0 Å². The van der Waals surface area contributed by atoms with Gasteiger partial charge >= 0.3 is 0 Å². The van der Waals surface area contributed by atoms with Crippen LogP contribution in [0.5, 0.6) is 0 Å². The second-order valence-corrected chi connectivity index (χ2v) is 13.8. The minimum absolute atomic E-state index is 0.139. The number of para-hydroxylation sites is 2. The largest absolute Gasteiger partial charge is 0.368 e. The van der Waals surface area contributed by atoms with Gasteiger partial charge in [-0.1, -0.05) is 70.1 Å². The lowest BCUT2D eigenvalue weighted by Gasteiger charge is -2.13. The van der Waals surface area contributed by atoms with Crippen LogP contribution in [0.3, 0.4) is 0 Å². The average molecular weight is 841 g/mol. The predicted octanol–water partition coefficient (Wildman–Crippen LogP) is 8.05. The number of nitrogens with two attached hydrogens (primary N) is 2. The Morgan fingerprint density at radius 3 is 1.27 bits per heavy atom. The molecular weight excluding hydrogens is 818 g/mol. The van der Waals surface area contributed by atoms with E-state index >= 15 is 0 Å². The fourth-order valence-corrected chi connectivity index (χ4v) is 6.96. The van der Waals surface area contributed by atoms with E-state index in [2.05, 4.69) is 85.7 Å². The lowest BCUT2D eigenvalue weighted by atomic mass is 10.2. The highest BCUT2D eigenvalue weighted by Gasteiger charge is 2.13. The second kappa shape index (κ2) is 13.9. The fraction of sp³-hybridized carbons (Fsp3) is 0. The molecule has 6 rings (SSSR count). The summed E-state index contributed by atoms with van der Waals surface area (Å²) in [6.45, 7) is 0. The molecule has 2 heterocycles. The summed E-state index contributed by atoms with van der Waals surface area (Å²) in [5.41, 5.74) is 15.5. The summed E-state index contributed by atoms with van der Waals surface area (Å²) >= 11 is 4.52. The molecule has 0 aliphatic heterocycles. The van der Waals surface area contributed by atoms with Crippen molar-refractivity contribution in [2.45, 2.75) is 9.79 Å². The van der Waals surface area contributed by atoms with E-state index in [-0.39, 0.29) is 11.9 Å². The average Bonchev–Trinajstić information content (AvgIpc) is 3.01. The Hall–Kier alpha value is -3.74. The topological polar surface area (TPSA) is 153 Å². The molecule has 10 nitrogen and oxygen atoms in total. The van der Waals surface area contributed by atoms with E-state index in [9.17, 15) is 0 Å². The molecule has 0 saturated heterocycles. The van der Waals surface area contributed by atoms with E-state index in [1.807, 2.05) is 97.1 Å². The minimum atomic E-state index is 0.139. The monoisotopic (exact) mass is 840 g/mol. The van der Waals surface area contributed by atoms with Gasteiger partial charge in [0.05, 0.1) is 11.4 Å². The summed E-state index contributed by atoms with van der Waals surface area (Å²) < 4.78 is 2.24. The highest BCUT2D eigenvalue weighted by molar-refractivity contribution is 14.1. The first kappa shape index (κ1) is 30.3. The van der Waals surface area contributed by atoms with Crippen LogP contribution in [-0.2, 0) is 0 Å². The molecule has 44 heavy (non-hydrogen) atoms. The summed E-state index contributed by atoms with van der Waals surface area (Å²) in [5, 5.41) is 6.64. The van der Waals surface area contributed by atoms with Crippen LogP contribution < -0.4 is 22.1 Å². The quantitative estimate of drug-likeness (QED) is 0.0823. The third-order valence-electron chi connectivity index (χ3n) is 6.00. The minimum Gasteiger partial charge on any atom is -0.368 e. The van der Waals surface area contributed by atoms with Crippen LogP contribution in [0.15, 0.2) is 107 Å². The predicted molar refractivity (Wildman–Crippen MR) is 196 cm³/mol. The number of nitrogen functional groups attached to an aromatic ring is 2. The number of benzene rings is 4. The van der Waals surface area contributed by atoms with Crippen molar-refractivity contribution in [2.75, 3.05) is 22.1 Å². The normalized spacial score (nSPS) is 10.9. The van der Waals surface area contributed by atoms with E-state index in [1.165, 1.54) is 0 Å². The molecule has 0 bridgehead atoms. The number of aromatic nitrogens is 6. The Bertz CT molecular complexity index is 1790. The molecule has 0 aliphatic rings. The highest BCUT2D eigenvalue weighted by Crippen LogP contribution is 2.44. The first-order valence-corrected chi connectivity index (χ1v) is 17.3. The summed E-state index contributed by atoms with van der Waals surface area (Å²) in [5.74, 6) is 2.00. The van der Waals surface area contributed by atoms with Gasteiger partial charge in [0.2, 0.25) is 23.8 Å². The van der Waals surface area contributed by atoms with Crippen LogP contribution in [-0.4, -0.2) is 29.9 Å². The number of nitrogens with one attached hydrogen (secondary N) is 2. The Kier molecular flexibility index (Phi) is 9.58. The Labute approximate surface area is 288 Å². The molecule has 2 aromatic heterocycles. The highest BCUT2D eigenvalue weighted by atomic mass is 127. The molecule has 0 radical (unpaired) electrons. The van der Waals surface area contributed by atoms with E-state index in [0.29, 0.717) is 23.5 Å². The van der Waals surface area contributed by atoms with Crippen molar-refractivity contribution >= 4 is 102 Å². The van der Waals surface area contributed by atoms with Gasteiger partial charge in [-0.25, -0.2) is 0 Å². The number of nitrogens with zero attached hydrogens (tertiary/aromatic N) is 6. The molecule has 6 aromatic rings. The van der Waals surface area contributed by atoms with Crippen molar-refractivity contribution in [3.63, 3.8) is 0 Å². The molecular formula is C30H22I2N10S2. The Balaban J connectivity index is 1.20. The summed E-state index contributed by atoms with van der Waals surface area (Å²) in [6, 6.07) is 31.7. The molecule has 0 aliphatic carbocycles. The van der Waals surface area contributed by atoms with Crippen molar-refractivity contribution in [3.05, 3.63) is 104 Å². The van der Waals surface area contributed by atoms with Gasteiger partial charge < -0.3 is 22.1 Å². The molecule has 0 unspecified atom stereocenters. The van der Waals surface area contributed by atoms with Crippen molar-refractivity contribution in [1.82, 2.24) is 29.9 Å². The summed E-state index contributed by atoms with van der Waals surface area (Å²) in [7, 11) is 3.17. The molecule has 0 atom stereocenters. The molecule has 218 valence electrons.